The third kappa shape index (κ3) is 4.23. The Kier molecular flexibility index (Phi) is 5.50. The Balaban J connectivity index is 2.84. The van der Waals surface area contributed by atoms with Crippen LogP contribution in [0.5, 0.6) is 0 Å². The van der Waals surface area contributed by atoms with Crippen LogP contribution in [0.25, 0.3) is 0 Å². The zero-order valence-electron chi connectivity index (χ0n) is 10.1. The second kappa shape index (κ2) is 6.66. The van der Waals surface area contributed by atoms with Crippen molar-refractivity contribution in [2.45, 2.75) is 13.8 Å². The first-order chi connectivity index (χ1) is 8.43. The quantitative estimate of drug-likeness (QED) is 0.622. The van der Waals surface area contributed by atoms with E-state index < -0.39 is 11.7 Å². The Morgan fingerprint density at radius 3 is 2.67 bits per heavy atom. The largest absolute Gasteiger partial charge is 0.313 e. The molecule has 1 N–H and O–H groups in total. The lowest BCUT2D eigenvalue weighted by Crippen LogP contribution is -2.14. The van der Waals surface area contributed by atoms with Crippen molar-refractivity contribution in [1.29, 1.82) is 0 Å². The normalized spacial score (nSPS) is 12.4. The molecule has 1 aromatic rings. The van der Waals surface area contributed by atoms with Crippen LogP contribution in [0.2, 0.25) is 0 Å². The number of thiophene rings is 1. The Morgan fingerprint density at radius 1 is 1.56 bits per heavy atom. The van der Waals surface area contributed by atoms with Crippen LogP contribution in [0, 0.1) is 0 Å². The van der Waals surface area contributed by atoms with E-state index in [2.05, 4.69) is 27.8 Å². The standard InChI is InChI=1S/C13H13BrFNOS/c1-4-9(10(15)7-8(2)3)13(17)16-12-6-5-11(14)18-12/h4-7H,2H2,1,3H3,(H,16,17). The van der Waals surface area contributed by atoms with E-state index in [1.807, 2.05) is 6.07 Å². The van der Waals surface area contributed by atoms with Gasteiger partial charge in [-0.05, 0) is 48.0 Å². The van der Waals surface area contributed by atoms with E-state index in [9.17, 15) is 9.18 Å². The predicted molar refractivity (Wildman–Crippen MR) is 78.4 cm³/mol. The van der Waals surface area contributed by atoms with Gasteiger partial charge in [-0.2, -0.15) is 0 Å². The maximum atomic E-state index is 13.7. The lowest BCUT2D eigenvalue weighted by molar-refractivity contribution is -0.112. The van der Waals surface area contributed by atoms with Crippen molar-refractivity contribution >= 4 is 38.2 Å². The summed E-state index contributed by atoms with van der Waals surface area (Å²) in [6, 6.07) is 3.57. The summed E-state index contributed by atoms with van der Waals surface area (Å²) in [5, 5.41) is 3.30. The summed E-state index contributed by atoms with van der Waals surface area (Å²) in [7, 11) is 0. The fourth-order valence-corrected chi connectivity index (χ4v) is 2.51. The molecule has 0 aliphatic heterocycles. The van der Waals surface area contributed by atoms with Gasteiger partial charge in [-0.15, -0.1) is 11.3 Å². The maximum Gasteiger partial charge on any atom is 0.258 e. The summed E-state index contributed by atoms with van der Waals surface area (Å²) >= 11 is 4.66. The van der Waals surface area contributed by atoms with Crippen molar-refractivity contribution < 1.29 is 9.18 Å². The molecular formula is C13H13BrFNOS. The smallest absolute Gasteiger partial charge is 0.258 e. The van der Waals surface area contributed by atoms with Gasteiger partial charge in [-0.3, -0.25) is 4.79 Å². The molecule has 0 fully saturated rings. The van der Waals surface area contributed by atoms with Crippen LogP contribution in [0.1, 0.15) is 13.8 Å². The molecule has 0 aromatic carbocycles. The van der Waals surface area contributed by atoms with E-state index in [1.54, 1.807) is 19.9 Å². The summed E-state index contributed by atoms with van der Waals surface area (Å²) in [4.78, 5) is 11.9. The second-order valence-corrected chi connectivity index (χ2v) is 6.06. The molecule has 0 saturated heterocycles. The van der Waals surface area contributed by atoms with E-state index in [4.69, 9.17) is 0 Å². The zero-order chi connectivity index (χ0) is 13.7. The van der Waals surface area contributed by atoms with Crippen LogP contribution >= 0.6 is 27.3 Å². The van der Waals surface area contributed by atoms with Gasteiger partial charge in [-0.25, -0.2) is 4.39 Å². The average Bonchev–Trinajstić information content (AvgIpc) is 2.63. The Hall–Kier alpha value is -1.20. The van der Waals surface area contributed by atoms with Crippen LogP contribution in [-0.2, 0) is 4.79 Å². The molecule has 0 bridgehead atoms. The molecular weight excluding hydrogens is 317 g/mol. The topological polar surface area (TPSA) is 29.1 Å². The van der Waals surface area contributed by atoms with Crippen molar-refractivity contribution in [3.8, 4) is 0 Å². The summed E-state index contributed by atoms with van der Waals surface area (Å²) in [6.07, 6.45) is 2.67. The first-order valence-corrected chi connectivity index (χ1v) is 6.81. The van der Waals surface area contributed by atoms with Gasteiger partial charge in [0.15, 0.2) is 0 Å². The molecule has 2 nitrogen and oxygen atoms in total. The summed E-state index contributed by atoms with van der Waals surface area (Å²) < 4.78 is 14.6. The number of nitrogens with one attached hydrogen (secondary N) is 1. The molecule has 1 aromatic heterocycles. The van der Waals surface area contributed by atoms with Gasteiger partial charge in [0, 0.05) is 0 Å². The fraction of sp³-hybridized carbons (Fsp3) is 0.154. The minimum absolute atomic E-state index is 0.00234. The highest BCUT2D eigenvalue weighted by Crippen LogP contribution is 2.27. The maximum absolute atomic E-state index is 13.7. The number of amides is 1. The van der Waals surface area contributed by atoms with E-state index in [0.29, 0.717) is 10.6 Å². The van der Waals surface area contributed by atoms with Gasteiger partial charge in [0.2, 0.25) is 0 Å². The Labute approximate surface area is 118 Å². The van der Waals surface area contributed by atoms with Gasteiger partial charge in [0.1, 0.15) is 5.83 Å². The molecule has 0 aliphatic rings. The molecule has 0 unspecified atom stereocenters. The first kappa shape index (κ1) is 14.9. The molecule has 18 heavy (non-hydrogen) atoms. The molecule has 5 heteroatoms. The number of carbonyl (C=O) groups excluding carboxylic acids is 1. The number of hydrogen-bond donors (Lipinski definition) is 1. The molecule has 0 radical (unpaired) electrons. The van der Waals surface area contributed by atoms with Gasteiger partial charge in [-0.1, -0.05) is 18.2 Å². The van der Waals surface area contributed by atoms with Crippen molar-refractivity contribution in [3.63, 3.8) is 0 Å². The van der Waals surface area contributed by atoms with Crippen LogP contribution < -0.4 is 5.32 Å². The highest BCUT2D eigenvalue weighted by atomic mass is 79.9. The molecule has 0 saturated carbocycles. The predicted octanol–water partition coefficient (Wildman–Crippen LogP) is 4.82. The highest BCUT2D eigenvalue weighted by molar-refractivity contribution is 9.11. The monoisotopic (exact) mass is 329 g/mol. The molecule has 0 spiro atoms. The number of anilines is 1. The molecule has 0 atom stereocenters. The minimum Gasteiger partial charge on any atom is -0.313 e. The number of halogens is 2. The summed E-state index contributed by atoms with van der Waals surface area (Å²) in [5.41, 5.74) is 0.557. The van der Waals surface area contributed by atoms with Crippen molar-refractivity contribution in [2.75, 3.05) is 5.32 Å². The fourth-order valence-electron chi connectivity index (χ4n) is 1.23. The molecule has 96 valence electrons. The third-order valence-electron chi connectivity index (χ3n) is 1.97. The molecule has 1 rings (SSSR count). The van der Waals surface area contributed by atoms with Gasteiger partial charge in [0.25, 0.3) is 5.91 Å². The van der Waals surface area contributed by atoms with Gasteiger partial charge in [0.05, 0.1) is 14.4 Å². The van der Waals surface area contributed by atoms with Crippen LogP contribution in [-0.4, -0.2) is 5.91 Å². The lowest BCUT2D eigenvalue weighted by atomic mass is 10.1. The van der Waals surface area contributed by atoms with Gasteiger partial charge >= 0.3 is 0 Å². The summed E-state index contributed by atoms with van der Waals surface area (Å²) in [6.45, 7) is 6.86. The van der Waals surface area contributed by atoms with E-state index in [-0.39, 0.29) is 5.57 Å². The number of carbonyl (C=O) groups is 1. The van der Waals surface area contributed by atoms with Crippen molar-refractivity contribution in [2.24, 2.45) is 0 Å². The van der Waals surface area contributed by atoms with Crippen LogP contribution in [0.4, 0.5) is 9.39 Å². The highest BCUT2D eigenvalue weighted by Gasteiger charge is 2.14. The number of rotatable bonds is 4. The summed E-state index contributed by atoms with van der Waals surface area (Å²) in [5.74, 6) is -1.06. The molecule has 0 aliphatic carbocycles. The zero-order valence-corrected chi connectivity index (χ0v) is 12.5. The van der Waals surface area contributed by atoms with E-state index in [1.165, 1.54) is 23.5 Å². The Morgan fingerprint density at radius 2 is 2.22 bits per heavy atom. The minimum atomic E-state index is -0.585. The lowest BCUT2D eigenvalue weighted by Gasteiger charge is -2.05. The van der Waals surface area contributed by atoms with Crippen molar-refractivity contribution in [1.82, 2.24) is 0 Å². The molecule has 1 heterocycles. The third-order valence-corrected chi connectivity index (χ3v) is 3.51. The molecule has 1 amide bonds. The van der Waals surface area contributed by atoms with E-state index >= 15 is 0 Å². The number of hydrogen-bond acceptors (Lipinski definition) is 2. The van der Waals surface area contributed by atoms with Crippen molar-refractivity contribution in [3.05, 3.63) is 51.6 Å². The second-order valence-electron chi connectivity index (χ2n) is 3.60. The SMILES string of the molecule is C=C(C)C=C(F)C(=CC)C(=O)Nc1ccc(Br)s1. The van der Waals surface area contributed by atoms with Crippen LogP contribution in [0.3, 0.4) is 0 Å². The first-order valence-electron chi connectivity index (χ1n) is 5.20. The van der Waals surface area contributed by atoms with E-state index in [0.717, 1.165) is 3.79 Å². The van der Waals surface area contributed by atoms with Gasteiger partial charge < -0.3 is 5.32 Å². The Bertz CT molecular complexity index is 531. The average molecular weight is 330 g/mol. The number of allylic oxidation sites excluding steroid dienone is 3. The van der Waals surface area contributed by atoms with Crippen LogP contribution in [0.15, 0.2) is 51.6 Å².